The molecule has 2 aromatic carbocycles. The molecule has 0 bridgehead atoms. The largest absolute Gasteiger partial charge is 0.388 e. The average molecular weight is 317 g/mol. The second-order valence-electron chi connectivity index (χ2n) is 5.77. The van der Waals surface area contributed by atoms with Crippen molar-refractivity contribution in [2.24, 2.45) is 0 Å². The standard InChI is InChI=1S/C17H19NO5/c1-9-13(19)14(20)15(21)17(23-9)18-16(22)12-7-6-10-4-2-3-5-11(10)8-12/h2-9,13-15,17,19-21H,1H3,(H,18,22)/t9-,13+,14+,15-,17-/m0/s1. The number of aliphatic hydroxyl groups excluding tert-OH is 3. The summed E-state index contributed by atoms with van der Waals surface area (Å²) in [5, 5.41) is 33.9. The Morgan fingerprint density at radius 1 is 1.00 bits per heavy atom. The van der Waals surface area contributed by atoms with E-state index in [-0.39, 0.29) is 0 Å². The van der Waals surface area contributed by atoms with Gasteiger partial charge in [-0.2, -0.15) is 0 Å². The van der Waals surface area contributed by atoms with Crippen LogP contribution in [0.4, 0.5) is 0 Å². The molecule has 0 unspecified atom stereocenters. The van der Waals surface area contributed by atoms with Crippen molar-refractivity contribution in [1.82, 2.24) is 5.32 Å². The number of ether oxygens (including phenoxy) is 1. The van der Waals surface area contributed by atoms with Crippen molar-refractivity contribution < 1.29 is 24.9 Å². The monoisotopic (exact) mass is 317 g/mol. The Bertz CT molecular complexity index is 719. The number of fused-ring (bicyclic) bond motifs is 1. The van der Waals surface area contributed by atoms with Crippen molar-refractivity contribution in [2.45, 2.75) is 37.6 Å². The molecule has 1 aliphatic rings. The minimum Gasteiger partial charge on any atom is -0.388 e. The fourth-order valence-corrected chi connectivity index (χ4v) is 2.71. The molecule has 122 valence electrons. The molecule has 3 rings (SSSR count). The van der Waals surface area contributed by atoms with E-state index in [0.29, 0.717) is 5.56 Å². The summed E-state index contributed by atoms with van der Waals surface area (Å²) < 4.78 is 5.37. The lowest BCUT2D eigenvalue weighted by atomic mass is 9.99. The first kappa shape index (κ1) is 15.9. The molecule has 6 heteroatoms. The van der Waals surface area contributed by atoms with Crippen LogP contribution in [0.2, 0.25) is 0 Å². The van der Waals surface area contributed by atoms with Gasteiger partial charge in [-0.05, 0) is 29.8 Å². The van der Waals surface area contributed by atoms with E-state index in [2.05, 4.69) is 5.32 Å². The molecule has 1 aliphatic heterocycles. The van der Waals surface area contributed by atoms with Crippen LogP contribution in [-0.4, -0.2) is 51.9 Å². The fourth-order valence-electron chi connectivity index (χ4n) is 2.71. The molecular formula is C17H19NO5. The number of hydrogen-bond acceptors (Lipinski definition) is 5. The lowest BCUT2D eigenvalue weighted by Gasteiger charge is -2.39. The lowest BCUT2D eigenvalue weighted by molar-refractivity contribution is -0.221. The zero-order chi connectivity index (χ0) is 16.6. The van der Waals surface area contributed by atoms with E-state index in [1.54, 1.807) is 19.1 Å². The summed E-state index contributed by atoms with van der Waals surface area (Å²) in [5.41, 5.74) is 0.424. The van der Waals surface area contributed by atoms with Crippen LogP contribution in [0.5, 0.6) is 0 Å². The molecule has 6 nitrogen and oxygen atoms in total. The zero-order valence-corrected chi connectivity index (χ0v) is 12.6. The third-order valence-corrected chi connectivity index (χ3v) is 4.14. The fraction of sp³-hybridized carbons (Fsp3) is 0.353. The van der Waals surface area contributed by atoms with Crippen molar-refractivity contribution in [3.63, 3.8) is 0 Å². The summed E-state index contributed by atoms with van der Waals surface area (Å²) in [7, 11) is 0. The van der Waals surface area contributed by atoms with Crippen LogP contribution in [0, 0.1) is 0 Å². The van der Waals surface area contributed by atoms with Crippen LogP contribution in [0.15, 0.2) is 42.5 Å². The Kier molecular flexibility index (Phi) is 4.32. The van der Waals surface area contributed by atoms with E-state index < -0.39 is 36.6 Å². The summed E-state index contributed by atoms with van der Waals surface area (Å²) in [5.74, 6) is -0.421. The number of aliphatic hydroxyl groups is 3. The Morgan fingerprint density at radius 3 is 2.43 bits per heavy atom. The quantitative estimate of drug-likeness (QED) is 0.642. The highest BCUT2D eigenvalue weighted by molar-refractivity contribution is 5.98. The van der Waals surface area contributed by atoms with Crippen molar-refractivity contribution in [3.05, 3.63) is 48.0 Å². The van der Waals surface area contributed by atoms with Gasteiger partial charge in [0.25, 0.3) is 5.91 Å². The number of carbonyl (C=O) groups is 1. The van der Waals surface area contributed by atoms with Gasteiger partial charge in [0.05, 0.1) is 6.10 Å². The lowest BCUT2D eigenvalue weighted by Crippen LogP contribution is -2.61. The molecule has 0 radical (unpaired) electrons. The smallest absolute Gasteiger partial charge is 0.253 e. The molecule has 0 saturated carbocycles. The van der Waals surface area contributed by atoms with E-state index in [1.165, 1.54) is 0 Å². The average Bonchev–Trinajstić information content (AvgIpc) is 2.57. The minimum atomic E-state index is -1.40. The molecule has 2 aromatic rings. The number of rotatable bonds is 2. The van der Waals surface area contributed by atoms with Crippen LogP contribution in [-0.2, 0) is 4.74 Å². The number of hydrogen-bond donors (Lipinski definition) is 4. The highest BCUT2D eigenvalue weighted by Gasteiger charge is 2.42. The van der Waals surface area contributed by atoms with Crippen LogP contribution in [0.25, 0.3) is 10.8 Å². The van der Waals surface area contributed by atoms with Crippen LogP contribution < -0.4 is 5.32 Å². The van der Waals surface area contributed by atoms with Gasteiger partial charge in [0, 0.05) is 5.56 Å². The summed E-state index contributed by atoms with van der Waals surface area (Å²) in [4.78, 5) is 12.4. The summed E-state index contributed by atoms with van der Waals surface area (Å²) in [6, 6.07) is 12.9. The molecule has 0 aromatic heterocycles. The van der Waals surface area contributed by atoms with Gasteiger partial charge in [-0.3, -0.25) is 4.79 Å². The van der Waals surface area contributed by atoms with Crippen molar-refractivity contribution in [1.29, 1.82) is 0 Å². The third kappa shape index (κ3) is 3.07. The van der Waals surface area contributed by atoms with Gasteiger partial charge in [0.1, 0.15) is 18.3 Å². The van der Waals surface area contributed by atoms with E-state index in [9.17, 15) is 20.1 Å². The number of amides is 1. The van der Waals surface area contributed by atoms with Crippen molar-refractivity contribution in [2.75, 3.05) is 0 Å². The molecule has 5 atom stereocenters. The Balaban J connectivity index is 1.77. The minimum absolute atomic E-state index is 0.421. The molecule has 1 amide bonds. The third-order valence-electron chi connectivity index (χ3n) is 4.14. The first-order chi connectivity index (χ1) is 11.0. The van der Waals surface area contributed by atoms with E-state index in [4.69, 9.17) is 4.74 Å². The van der Waals surface area contributed by atoms with Crippen LogP contribution in [0.1, 0.15) is 17.3 Å². The SMILES string of the molecule is C[C@@H]1O[C@H](NC(=O)c2ccc3ccccc3c2)[C@@H](O)[C@H](O)[C@@H]1O. The van der Waals surface area contributed by atoms with Gasteiger partial charge in [-0.15, -0.1) is 0 Å². The predicted octanol–water partition coefficient (Wildman–Crippen LogP) is 0.397. The maximum atomic E-state index is 12.4. The summed E-state index contributed by atoms with van der Waals surface area (Å²) in [6.45, 7) is 1.56. The highest BCUT2D eigenvalue weighted by atomic mass is 16.5. The Hall–Kier alpha value is -1.99. The Morgan fingerprint density at radius 2 is 1.70 bits per heavy atom. The molecular weight excluding hydrogens is 298 g/mol. The van der Waals surface area contributed by atoms with Crippen LogP contribution in [0.3, 0.4) is 0 Å². The topological polar surface area (TPSA) is 99.0 Å². The number of benzene rings is 2. The molecule has 4 N–H and O–H groups in total. The van der Waals surface area contributed by atoms with Crippen LogP contribution >= 0.6 is 0 Å². The molecule has 0 aliphatic carbocycles. The van der Waals surface area contributed by atoms with E-state index >= 15 is 0 Å². The van der Waals surface area contributed by atoms with Gasteiger partial charge in [0.2, 0.25) is 0 Å². The van der Waals surface area contributed by atoms with Gasteiger partial charge in [-0.25, -0.2) is 0 Å². The van der Waals surface area contributed by atoms with Gasteiger partial charge in [0.15, 0.2) is 6.23 Å². The normalized spacial score (nSPS) is 31.0. The molecule has 0 spiro atoms. The first-order valence-corrected chi connectivity index (χ1v) is 7.46. The maximum absolute atomic E-state index is 12.4. The number of nitrogens with one attached hydrogen (secondary N) is 1. The van der Waals surface area contributed by atoms with Crippen molar-refractivity contribution in [3.8, 4) is 0 Å². The zero-order valence-electron chi connectivity index (χ0n) is 12.6. The van der Waals surface area contributed by atoms with Gasteiger partial charge in [-0.1, -0.05) is 30.3 Å². The molecule has 1 fully saturated rings. The van der Waals surface area contributed by atoms with E-state index in [1.807, 2.05) is 30.3 Å². The Labute approximate surface area is 133 Å². The molecule has 1 saturated heterocycles. The maximum Gasteiger partial charge on any atom is 0.253 e. The number of carbonyl (C=O) groups excluding carboxylic acids is 1. The van der Waals surface area contributed by atoms with E-state index in [0.717, 1.165) is 10.8 Å². The highest BCUT2D eigenvalue weighted by Crippen LogP contribution is 2.20. The first-order valence-electron chi connectivity index (χ1n) is 7.46. The van der Waals surface area contributed by atoms with Gasteiger partial charge < -0.3 is 25.4 Å². The second-order valence-corrected chi connectivity index (χ2v) is 5.77. The summed E-state index contributed by atoms with van der Waals surface area (Å²) >= 11 is 0. The van der Waals surface area contributed by atoms with Gasteiger partial charge >= 0.3 is 0 Å². The van der Waals surface area contributed by atoms with Crippen molar-refractivity contribution >= 4 is 16.7 Å². The molecule has 23 heavy (non-hydrogen) atoms. The predicted molar refractivity (Wildman–Crippen MR) is 83.8 cm³/mol. The molecule has 1 heterocycles. The second kappa shape index (κ2) is 6.25. The summed E-state index contributed by atoms with van der Waals surface area (Å²) in [6.07, 6.45) is -5.75.